The van der Waals surface area contributed by atoms with Crippen LogP contribution in [0.5, 0.6) is 5.75 Å². The largest absolute Gasteiger partial charge is 0.422 e. The van der Waals surface area contributed by atoms with Crippen LogP contribution in [0.25, 0.3) is 0 Å². The molecule has 0 aromatic heterocycles. The fourth-order valence-electron chi connectivity index (χ4n) is 2.93. The molecule has 0 spiro atoms. The summed E-state index contributed by atoms with van der Waals surface area (Å²) in [5.41, 5.74) is 1.45. The van der Waals surface area contributed by atoms with E-state index in [-0.39, 0.29) is 28.4 Å². The lowest BCUT2D eigenvalue weighted by Gasteiger charge is -2.19. The Morgan fingerprint density at radius 2 is 1.24 bits per heavy atom. The second-order valence-electron chi connectivity index (χ2n) is 5.64. The van der Waals surface area contributed by atoms with Gasteiger partial charge in [-0.1, -0.05) is 54.6 Å². The average Bonchev–Trinajstić information content (AvgIpc) is 2.66. The summed E-state index contributed by atoms with van der Waals surface area (Å²) < 4.78 is 5.42. The molecule has 4 rings (SSSR count). The van der Waals surface area contributed by atoms with Crippen LogP contribution in [0.1, 0.15) is 42.2 Å². The van der Waals surface area contributed by atoms with Crippen LogP contribution in [0.2, 0.25) is 0 Å². The third-order valence-corrected chi connectivity index (χ3v) is 4.13. The maximum absolute atomic E-state index is 12.8. The molecule has 0 saturated heterocycles. The minimum absolute atomic E-state index is 0.0965. The fourth-order valence-corrected chi connectivity index (χ4v) is 2.93. The van der Waals surface area contributed by atoms with E-state index in [9.17, 15) is 14.4 Å². The number of hydrogen-bond acceptors (Lipinski definition) is 4. The topological polar surface area (TPSA) is 60.4 Å². The van der Waals surface area contributed by atoms with Crippen LogP contribution in [0.4, 0.5) is 0 Å². The van der Waals surface area contributed by atoms with E-state index in [1.807, 2.05) is 0 Å². The number of benzene rings is 3. The van der Waals surface area contributed by atoms with Crippen LogP contribution >= 0.6 is 0 Å². The van der Waals surface area contributed by atoms with Gasteiger partial charge in [0.15, 0.2) is 11.6 Å². The number of ketones is 2. The zero-order chi connectivity index (χ0) is 17.4. The van der Waals surface area contributed by atoms with Crippen LogP contribution in [0.15, 0.2) is 72.8 Å². The van der Waals surface area contributed by atoms with Gasteiger partial charge in [-0.15, -0.1) is 0 Å². The molecule has 0 saturated carbocycles. The van der Waals surface area contributed by atoms with Gasteiger partial charge < -0.3 is 4.74 Å². The highest BCUT2D eigenvalue weighted by atomic mass is 16.5. The summed E-state index contributed by atoms with van der Waals surface area (Å²) in [7, 11) is 0. The summed E-state index contributed by atoms with van der Waals surface area (Å²) in [5, 5.41) is 0. The molecule has 0 unspecified atom stereocenters. The predicted molar refractivity (Wildman–Crippen MR) is 91.1 cm³/mol. The highest BCUT2D eigenvalue weighted by Gasteiger charge is 2.32. The van der Waals surface area contributed by atoms with Gasteiger partial charge in [-0.25, -0.2) is 4.79 Å². The zero-order valence-electron chi connectivity index (χ0n) is 13.1. The summed E-state index contributed by atoms with van der Waals surface area (Å²) in [4.78, 5) is 37.8. The minimum atomic E-state index is -0.576. The van der Waals surface area contributed by atoms with Crippen molar-refractivity contribution < 1.29 is 19.1 Å². The van der Waals surface area contributed by atoms with Crippen LogP contribution in [0, 0.1) is 0 Å². The molecule has 0 fully saturated rings. The molecule has 1 aliphatic carbocycles. The third kappa shape index (κ3) is 2.44. The first-order valence-electron chi connectivity index (χ1n) is 7.75. The van der Waals surface area contributed by atoms with Gasteiger partial charge in [0, 0.05) is 16.7 Å². The molecule has 0 atom stereocenters. The molecular formula is C21H12O4. The van der Waals surface area contributed by atoms with E-state index in [0.29, 0.717) is 16.7 Å². The molecule has 4 heteroatoms. The Morgan fingerprint density at radius 1 is 0.640 bits per heavy atom. The maximum Gasteiger partial charge on any atom is 0.343 e. The van der Waals surface area contributed by atoms with Gasteiger partial charge in [-0.2, -0.15) is 0 Å². The van der Waals surface area contributed by atoms with Crippen molar-refractivity contribution >= 4 is 17.5 Å². The van der Waals surface area contributed by atoms with Gasteiger partial charge >= 0.3 is 5.97 Å². The van der Waals surface area contributed by atoms with E-state index >= 15 is 0 Å². The van der Waals surface area contributed by atoms with E-state index in [2.05, 4.69) is 0 Å². The van der Waals surface area contributed by atoms with Gasteiger partial charge in [0.05, 0.1) is 11.1 Å². The SMILES string of the molecule is O=C(Oc1cccc2c1C(=O)c1ccccc1C2=O)c1ccccc1. The average molecular weight is 328 g/mol. The second-order valence-corrected chi connectivity index (χ2v) is 5.64. The van der Waals surface area contributed by atoms with Gasteiger partial charge in [0.1, 0.15) is 5.75 Å². The Hall–Kier alpha value is -3.53. The van der Waals surface area contributed by atoms with Crippen LogP contribution in [-0.4, -0.2) is 17.5 Å². The highest BCUT2D eigenvalue weighted by molar-refractivity contribution is 6.29. The molecule has 0 heterocycles. The standard InChI is InChI=1S/C21H12O4/c22-19-14-9-4-5-10-15(14)20(23)18-16(19)11-6-12-17(18)25-21(24)13-7-2-1-3-8-13/h1-12H. The number of hydrogen-bond donors (Lipinski definition) is 0. The van der Waals surface area contributed by atoms with Crippen molar-refractivity contribution in [1.29, 1.82) is 0 Å². The molecule has 0 aliphatic heterocycles. The molecule has 25 heavy (non-hydrogen) atoms. The summed E-state index contributed by atoms with van der Waals surface area (Å²) in [6.45, 7) is 0. The lowest BCUT2D eigenvalue weighted by Crippen LogP contribution is -2.22. The highest BCUT2D eigenvalue weighted by Crippen LogP contribution is 2.33. The Bertz CT molecular complexity index is 1020. The van der Waals surface area contributed by atoms with E-state index in [4.69, 9.17) is 4.74 Å². The fraction of sp³-hybridized carbons (Fsp3) is 0. The number of carbonyl (C=O) groups excluding carboxylic acids is 3. The summed E-state index contributed by atoms with van der Waals surface area (Å²) in [6.07, 6.45) is 0. The molecular weight excluding hydrogens is 316 g/mol. The number of esters is 1. The maximum atomic E-state index is 12.8. The Morgan fingerprint density at radius 3 is 1.96 bits per heavy atom. The summed E-state index contributed by atoms with van der Waals surface area (Å²) in [6, 6.07) is 19.8. The first kappa shape index (κ1) is 15.0. The lowest BCUT2D eigenvalue weighted by atomic mass is 9.83. The Kier molecular flexibility index (Phi) is 3.51. The second kappa shape index (κ2) is 5.83. The van der Waals surface area contributed by atoms with Crippen molar-refractivity contribution in [2.75, 3.05) is 0 Å². The third-order valence-electron chi connectivity index (χ3n) is 4.13. The van der Waals surface area contributed by atoms with Crippen molar-refractivity contribution in [2.24, 2.45) is 0 Å². The Labute approximate surface area is 143 Å². The molecule has 0 bridgehead atoms. The number of ether oxygens (including phenoxy) is 1. The molecule has 3 aromatic rings. The van der Waals surface area contributed by atoms with Crippen LogP contribution < -0.4 is 4.74 Å². The molecule has 1 aliphatic rings. The summed E-state index contributed by atoms with van der Waals surface area (Å²) in [5.74, 6) is -1.04. The van der Waals surface area contributed by atoms with E-state index in [1.54, 1.807) is 66.7 Å². The first-order chi connectivity index (χ1) is 12.2. The molecule has 3 aromatic carbocycles. The van der Waals surface area contributed by atoms with Gasteiger partial charge in [0.2, 0.25) is 0 Å². The normalized spacial score (nSPS) is 12.3. The number of carbonyl (C=O) groups is 3. The summed E-state index contributed by atoms with van der Waals surface area (Å²) >= 11 is 0. The van der Waals surface area contributed by atoms with Crippen molar-refractivity contribution in [1.82, 2.24) is 0 Å². The van der Waals surface area contributed by atoms with Gasteiger partial charge in [0.25, 0.3) is 0 Å². The van der Waals surface area contributed by atoms with Crippen molar-refractivity contribution in [3.05, 3.63) is 101 Å². The molecule has 0 N–H and O–H groups in total. The predicted octanol–water partition coefficient (Wildman–Crippen LogP) is 3.68. The zero-order valence-corrected chi connectivity index (χ0v) is 13.1. The van der Waals surface area contributed by atoms with Crippen LogP contribution in [0.3, 0.4) is 0 Å². The van der Waals surface area contributed by atoms with Gasteiger partial charge in [-0.05, 0) is 18.2 Å². The number of rotatable bonds is 2. The van der Waals surface area contributed by atoms with Crippen molar-refractivity contribution in [2.45, 2.75) is 0 Å². The molecule has 4 nitrogen and oxygen atoms in total. The smallest absolute Gasteiger partial charge is 0.343 e. The van der Waals surface area contributed by atoms with E-state index in [0.717, 1.165) is 0 Å². The van der Waals surface area contributed by atoms with Crippen molar-refractivity contribution in [3.8, 4) is 5.75 Å². The van der Waals surface area contributed by atoms with E-state index in [1.165, 1.54) is 6.07 Å². The van der Waals surface area contributed by atoms with Crippen LogP contribution in [-0.2, 0) is 0 Å². The number of fused-ring (bicyclic) bond motifs is 2. The molecule has 0 radical (unpaired) electrons. The van der Waals surface area contributed by atoms with Crippen molar-refractivity contribution in [3.63, 3.8) is 0 Å². The Balaban J connectivity index is 1.79. The minimum Gasteiger partial charge on any atom is -0.422 e. The van der Waals surface area contributed by atoms with E-state index < -0.39 is 5.97 Å². The lowest BCUT2D eigenvalue weighted by molar-refractivity contribution is 0.0731. The van der Waals surface area contributed by atoms with Gasteiger partial charge in [-0.3, -0.25) is 9.59 Å². The molecule has 120 valence electrons. The first-order valence-corrected chi connectivity index (χ1v) is 7.75. The molecule has 0 amide bonds. The monoisotopic (exact) mass is 328 g/mol. The quantitative estimate of drug-likeness (QED) is 0.416.